The van der Waals surface area contributed by atoms with Gasteiger partial charge < -0.3 is 15.4 Å². The molecular formula is C17H15ClN2O4. The summed E-state index contributed by atoms with van der Waals surface area (Å²) in [6.45, 7) is 0.989. The maximum Gasteiger partial charge on any atom is 0.338 e. The summed E-state index contributed by atoms with van der Waals surface area (Å²) in [6, 6.07) is 12.8. The van der Waals surface area contributed by atoms with Crippen molar-refractivity contribution in [1.29, 1.82) is 0 Å². The van der Waals surface area contributed by atoms with Crippen molar-refractivity contribution in [2.75, 3.05) is 17.2 Å². The van der Waals surface area contributed by atoms with Crippen molar-refractivity contribution >= 4 is 40.8 Å². The molecule has 0 fully saturated rings. The summed E-state index contributed by atoms with van der Waals surface area (Å²) < 4.78 is 4.93. The van der Waals surface area contributed by atoms with Crippen LogP contribution in [0.1, 0.15) is 17.3 Å². The van der Waals surface area contributed by atoms with Crippen molar-refractivity contribution in [2.24, 2.45) is 0 Å². The first-order valence-electron chi connectivity index (χ1n) is 7.04. The second kappa shape index (κ2) is 8.12. The van der Waals surface area contributed by atoms with Gasteiger partial charge in [0.1, 0.15) is 0 Å². The molecular weight excluding hydrogens is 332 g/mol. The molecule has 2 N–H and O–H groups in total. The number of rotatable bonds is 5. The third kappa shape index (κ3) is 5.40. The van der Waals surface area contributed by atoms with Crippen LogP contribution in [0.3, 0.4) is 0 Å². The molecule has 6 nitrogen and oxygen atoms in total. The van der Waals surface area contributed by atoms with Gasteiger partial charge in [-0.15, -0.1) is 0 Å². The van der Waals surface area contributed by atoms with Gasteiger partial charge >= 0.3 is 5.97 Å². The summed E-state index contributed by atoms with van der Waals surface area (Å²) in [5.41, 5.74) is 1.41. The molecule has 2 rings (SSSR count). The molecule has 0 radical (unpaired) electrons. The Morgan fingerprint density at radius 2 is 1.62 bits per heavy atom. The number of ether oxygens (including phenoxy) is 1. The molecule has 0 atom stereocenters. The zero-order valence-corrected chi connectivity index (χ0v) is 13.6. The zero-order chi connectivity index (χ0) is 17.5. The molecule has 2 aromatic carbocycles. The van der Waals surface area contributed by atoms with Gasteiger partial charge in [-0.05, 0) is 42.5 Å². The number of hydrogen-bond acceptors (Lipinski definition) is 4. The Hall–Kier alpha value is -2.86. The van der Waals surface area contributed by atoms with Gasteiger partial charge in [-0.2, -0.15) is 0 Å². The number of esters is 1. The standard InChI is InChI=1S/C17H15ClN2O4/c1-11(21)19-14-5-7-15(8-6-14)20-16(22)10-24-17(23)12-3-2-4-13(18)9-12/h2-9H,10H2,1H3,(H,19,21)(H,20,22). The van der Waals surface area contributed by atoms with Crippen LogP contribution in [0.5, 0.6) is 0 Å². The molecule has 0 aromatic heterocycles. The number of halogens is 1. The van der Waals surface area contributed by atoms with E-state index in [4.69, 9.17) is 16.3 Å². The highest BCUT2D eigenvalue weighted by atomic mass is 35.5. The van der Waals surface area contributed by atoms with E-state index in [1.54, 1.807) is 42.5 Å². The molecule has 0 saturated carbocycles. The Morgan fingerprint density at radius 1 is 1.00 bits per heavy atom. The number of benzene rings is 2. The number of hydrogen-bond donors (Lipinski definition) is 2. The molecule has 2 aromatic rings. The van der Waals surface area contributed by atoms with E-state index in [-0.39, 0.29) is 11.5 Å². The van der Waals surface area contributed by atoms with Crippen LogP contribution in [0.2, 0.25) is 5.02 Å². The lowest BCUT2D eigenvalue weighted by molar-refractivity contribution is -0.119. The van der Waals surface area contributed by atoms with Gasteiger partial charge in [0.05, 0.1) is 5.56 Å². The van der Waals surface area contributed by atoms with Gasteiger partial charge in [-0.1, -0.05) is 17.7 Å². The molecule has 0 bridgehead atoms. The summed E-state index contributed by atoms with van der Waals surface area (Å²) in [4.78, 5) is 34.5. The van der Waals surface area contributed by atoms with E-state index in [1.807, 2.05) is 0 Å². The SMILES string of the molecule is CC(=O)Nc1ccc(NC(=O)COC(=O)c2cccc(Cl)c2)cc1. The van der Waals surface area contributed by atoms with Crippen LogP contribution in [0.15, 0.2) is 48.5 Å². The highest BCUT2D eigenvalue weighted by molar-refractivity contribution is 6.30. The molecule has 7 heteroatoms. The molecule has 0 aliphatic rings. The van der Waals surface area contributed by atoms with E-state index >= 15 is 0 Å². The Bertz CT molecular complexity index is 759. The van der Waals surface area contributed by atoms with Crippen LogP contribution in [0, 0.1) is 0 Å². The van der Waals surface area contributed by atoms with Gasteiger partial charge in [0.25, 0.3) is 5.91 Å². The summed E-state index contributed by atoms with van der Waals surface area (Å²) in [7, 11) is 0. The lowest BCUT2D eigenvalue weighted by atomic mass is 10.2. The van der Waals surface area contributed by atoms with E-state index in [0.29, 0.717) is 16.4 Å². The first-order chi connectivity index (χ1) is 11.4. The Balaban J connectivity index is 1.84. The summed E-state index contributed by atoms with van der Waals surface area (Å²) >= 11 is 5.79. The monoisotopic (exact) mass is 346 g/mol. The fourth-order valence-corrected chi connectivity index (χ4v) is 2.06. The molecule has 124 valence electrons. The first kappa shape index (κ1) is 17.5. The van der Waals surface area contributed by atoms with Crippen molar-refractivity contribution < 1.29 is 19.1 Å². The fourth-order valence-electron chi connectivity index (χ4n) is 1.87. The molecule has 0 aliphatic carbocycles. The Morgan fingerprint density at radius 3 is 2.21 bits per heavy atom. The normalized spacial score (nSPS) is 9.92. The molecule has 2 amide bonds. The van der Waals surface area contributed by atoms with E-state index in [0.717, 1.165) is 0 Å². The van der Waals surface area contributed by atoms with Crippen LogP contribution < -0.4 is 10.6 Å². The van der Waals surface area contributed by atoms with Gasteiger partial charge in [0.2, 0.25) is 5.91 Å². The summed E-state index contributed by atoms with van der Waals surface area (Å²) in [5.74, 6) is -1.29. The lowest BCUT2D eigenvalue weighted by Gasteiger charge is -2.08. The molecule has 0 spiro atoms. The van der Waals surface area contributed by atoms with Crippen molar-refractivity contribution in [3.05, 3.63) is 59.1 Å². The van der Waals surface area contributed by atoms with E-state index in [2.05, 4.69) is 10.6 Å². The van der Waals surface area contributed by atoms with E-state index in [1.165, 1.54) is 13.0 Å². The van der Waals surface area contributed by atoms with Crippen molar-refractivity contribution in [2.45, 2.75) is 6.92 Å². The highest BCUT2D eigenvalue weighted by Crippen LogP contribution is 2.14. The molecule has 0 aliphatic heterocycles. The van der Waals surface area contributed by atoms with Crippen molar-refractivity contribution in [3.8, 4) is 0 Å². The minimum Gasteiger partial charge on any atom is -0.452 e. The molecule has 24 heavy (non-hydrogen) atoms. The molecule has 0 heterocycles. The highest BCUT2D eigenvalue weighted by Gasteiger charge is 2.10. The average molecular weight is 347 g/mol. The quantitative estimate of drug-likeness (QED) is 0.815. The predicted octanol–water partition coefficient (Wildman–Crippen LogP) is 3.09. The maximum atomic E-state index is 11.8. The van der Waals surface area contributed by atoms with Crippen molar-refractivity contribution in [3.63, 3.8) is 0 Å². The maximum absolute atomic E-state index is 11.8. The van der Waals surface area contributed by atoms with Crippen LogP contribution in [-0.2, 0) is 14.3 Å². The van der Waals surface area contributed by atoms with Gasteiger partial charge in [-0.3, -0.25) is 9.59 Å². The Labute approximate surface area is 143 Å². The van der Waals surface area contributed by atoms with E-state index < -0.39 is 18.5 Å². The lowest BCUT2D eigenvalue weighted by Crippen LogP contribution is -2.20. The first-order valence-corrected chi connectivity index (χ1v) is 7.42. The van der Waals surface area contributed by atoms with Gasteiger partial charge in [0, 0.05) is 23.3 Å². The number of amides is 2. The number of carbonyl (C=O) groups is 3. The third-order valence-corrected chi connectivity index (χ3v) is 3.12. The largest absolute Gasteiger partial charge is 0.452 e. The average Bonchev–Trinajstić information content (AvgIpc) is 2.54. The van der Waals surface area contributed by atoms with Crippen LogP contribution >= 0.6 is 11.6 Å². The number of anilines is 2. The Kier molecular flexibility index (Phi) is 5.92. The van der Waals surface area contributed by atoms with E-state index in [9.17, 15) is 14.4 Å². The third-order valence-electron chi connectivity index (χ3n) is 2.88. The van der Waals surface area contributed by atoms with Gasteiger partial charge in [0.15, 0.2) is 6.61 Å². The predicted molar refractivity (Wildman–Crippen MR) is 91.1 cm³/mol. The smallest absolute Gasteiger partial charge is 0.338 e. The molecule has 0 saturated heterocycles. The fraction of sp³-hybridized carbons (Fsp3) is 0.118. The minimum absolute atomic E-state index is 0.181. The minimum atomic E-state index is -0.631. The van der Waals surface area contributed by atoms with Crippen LogP contribution in [0.4, 0.5) is 11.4 Å². The van der Waals surface area contributed by atoms with Crippen molar-refractivity contribution in [1.82, 2.24) is 0 Å². The topological polar surface area (TPSA) is 84.5 Å². The second-order valence-electron chi connectivity index (χ2n) is 4.89. The second-order valence-corrected chi connectivity index (χ2v) is 5.33. The summed E-state index contributed by atoms with van der Waals surface area (Å²) in [6.07, 6.45) is 0. The number of nitrogens with one attached hydrogen (secondary N) is 2. The van der Waals surface area contributed by atoms with Crippen LogP contribution in [-0.4, -0.2) is 24.4 Å². The molecule has 0 unspecified atom stereocenters. The van der Waals surface area contributed by atoms with Crippen LogP contribution in [0.25, 0.3) is 0 Å². The zero-order valence-electron chi connectivity index (χ0n) is 12.8. The number of carbonyl (C=O) groups excluding carboxylic acids is 3. The summed E-state index contributed by atoms with van der Waals surface area (Å²) in [5, 5.41) is 5.61. The van der Waals surface area contributed by atoms with Gasteiger partial charge in [-0.25, -0.2) is 4.79 Å².